The minimum atomic E-state index is -4.88. The van der Waals surface area contributed by atoms with E-state index in [1.807, 2.05) is 6.07 Å². The van der Waals surface area contributed by atoms with Gasteiger partial charge in [0.1, 0.15) is 6.54 Å². The van der Waals surface area contributed by atoms with Crippen LogP contribution in [0, 0.1) is 22.7 Å². The minimum absolute atomic E-state index is 0.304. The van der Waals surface area contributed by atoms with Crippen molar-refractivity contribution in [1.29, 1.82) is 10.5 Å². The maximum absolute atomic E-state index is 13.1. The third-order valence-corrected chi connectivity index (χ3v) is 3.62. The number of rotatable bonds is 4. The van der Waals surface area contributed by atoms with Crippen LogP contribution in [0.4, 0.5) is 32.0 Å². The van der Waals surface area contributed by atoms with Crippen molar-refractivity contribution < 1.29 is 26.3 Å². The summed E-state index contributed by atoms with van der Waals surface area (Å²) in [5.74, 6) is 0. The number of halogens is 6. The number of benzene rings is 2. The highest BCUT2D eigenvalue weighted by Gasteiger charge is 2.36. The molecule has 0 unspecified atom stereocenters. The number of alkyl halides is 6. The van der Waals surface area contributed by atoms with Gasteiger partial charge in [-0.3, -0.25) is 0 Å². The molecule has 0 aliphatic rings. The zero-order chi connectivity index (χ0) is 20.2. The summed E-state index contributed by atoms with van der Waals surface area (Å²) in [5.41, 5.74) is -1.59. The van der Waals surface area contributed by atoms with Gasteiger partial charge in [-0.05, 0) is 35.9 Å². The van der Waals surface area contributed by atoms with E-state index in [0.717, 1.165) is 17.0 Å². The summed E-state index contributed by atoms with van der Waals surface area (Å²) >= 11 is 0. The molecule has 0 radical (unpaired) electrons. The van der Waals surface area contributed by atoms with E-state index in [-0.39, 0.29) is 12.2 Å². The second-order valence-electron chi connectivity index (χ2n) is 5.62. The Balaban J connectivity index is 2.44. The average molecular weight is 383 g/mol. The van der Waals surface area contributed by atoms with Gasteiger partial charge < -0.3 is 4.90 Å². The van der Waals surface area contributed by atoms with E-state index in [9.17, 15) is 26.3 Å². The molecule has 0 fully saturated rings. The van der Waals surface area contributed by atoms with Crippen LogP contribution in [0.3, 0.4) is 0 Å². The van der Waals surface area contributed by atoms with E-state index in [0.29, 0.717) is 17.2 Å². The molecule has 2 aromatic carbocycles. The molecular formula is C18H11F6N3. The molecule has 2 rings (SSSR count). The lowest BCUT2D eigenvalue weighted by atomic mass is 10.1. The molecule has 0 atom stereocenters. The van der Waals surface area contributed by atoms with Gasteiger partial charge in [0.25, 0.3) is 0 Å². The van der Waals surface area contributed by atoms with Crippen molar-refractivity contribution in [2.24, 2.45) is 0 Å². The summed E-state index contributed by atoms with van der Waals surface area (Å²) in [6, 6.07) is 11.3. The van der Waals surface area contributed by atoms with Crippen LogP contribution < -0.4 is 4.90 Å². The molecule has 0 bridgehead atoms. The molecule has 0 saturated heterocycles. The Bertz CT molecular complexity index is 886. The van der Waals surface area contributed by atoms with Gasteiger partial charge in [0.05, 0.1) is 28.8 Å². The minimum Gasteiger partial charge on any atom is -0.358 e. The number of hydrogen-bond donors (Lipinski definition) is 0. The van der Waals surface area contributed by atoms with E-state index < -0.39 is 30.0 Å². The third-order valence-electron chi connectivity index (χ3n) is 3.62. The number of nitriles is 2. The summed E-state index contributed by atoms with van der Waals surface area (Å²) in [4.78, 5) is 0.734. The molecule has 0 saturated carbocycles. The van der Waals surface area contributed by atoms with Crippen LogP contribution in [0.1, 0.15) is 22.3 Å². The van der Waals surface area contributed by atoms with Crippen molar-refractivity contribution in [2.45, 2.75) is 18.9 Å². The zero-order valence-corrected chi connectivity index (χ0v) is 13.6. The van der Waals surface area contributed by atoms with Gasteiger partial charge in [-0.2, -0.15) is 36.9 Å². The normalized spacial score (nSPS) is 11.6. The van der Waals surface area contributed by atoms with E-state index in [2.05, 4.69) is 0 Å². The quantitative estimate of drug-likeness (QED) is 0.697. The summed E-state index contributed by atoms with van der Waals surface area (Å²) in [6.45, 7) is -1.80. The van der Waals surface area contributed by atoms with Crippen LogP contribution in [-0.4, -0.2) is 12.7 Å². The molecule has 3 nitrogen and oxygen atoms in total. The van der Waals surface area contributed by atoms with E-state index in [1.165, 1.54) is 30.3 Å². The standard InChI is InChI=1S/C18H11F6N3/c19-17(20,21)11-27(10-13-3-1-12(8-25)2-4-13)15-6-5-14(9-26)16(7-15)18(22,23)24/h1-7H,10-11H2. The Morgan fingerprint density at radius 3 is 1.96 bits per heavy atom. The molecule has 0 amide bonds. The number of anilines is 1. The lowest BCUT2D eigenvalue weighted by molar-refractivity contribution is -0.137. The van der Waals surface area contributed by atoms with Crippen LogP contribution in [0.2, 0.25) is 0 Å². The van der Waals surface area contributed by atoms with Crippen molar-refractivity contribution >= 4 is 5.69 Å². The van der Waals surface area contributed by atoms with Gasteiger partial charge in [-0.25, -0.2) is 0 Å². The van der Waals surface area contributed by atoms with E-state index >= 15 is 0 Å². The highest BCUT2D eigenvalue weighted by Crippen LogP contribution is 2.35. The number of hydrogen-bond acceptors (Lipinski definition) is 3. The Labute approximate surface area is 150 Å². The molecule has 0 aliphatic carbocycles. The smallest absolute Gasteiger partial charge is 0.358 e. The highest BCUT2D eigenvalue weighted by atomic mass is 19.4. The van der Waals surface area contributed by atoms with Crippen LogP contribution in [0.15, 0.2) is 42.5 Å². The van der Waals surface area contributed by atoms with Crippen LogP contribution >= 0.6 is 0 Å². The van der Waals surface area contributed by atoms with Gasteiger partial charge in [-0.1, -0.05) is 12.1 Å². The van der Waals surface area contributed by atoms with Crippen LogP contribution in [0.25, 0.3) is 0 Å². The van der Waals surface area contributed by atoms with Crippen molar-refractivity contribution in [2.75, 3.05) is 11.4 Å². The lowest BCUT2D eigenvalue weighted by Gasteiger charge is -2.27. The Kier molecular flexibility index (Phi) is 5.65. The Morgan fingerprint density at radius 1 is 0.852 bits per heavy atom. The fourth-order valence-electron chi connectivity index (χ4n) is 2.42. The fourth-order valence-corrected chi connectivity index (χ4v) is 2.42. The molecular weight excluding hydrogens is 372 g/mol. The first-order valence-electron chi connectivity index (χ1n) is 7.45. The maximum Gasteiger partial charge on any atom is 0.417 e. The SMILES string of the molecule is N#Cc1ccc(CN(CC(F)(F)F)c2ccc(C#N)c(C(F)(F)F)c2)cc1. The molecule has 27 heavy (non-hydrogen) atoms. The Morgan fingerprint density at radius 2 is 1.48 bits per heavy atom. The van der Waals surface area contributed by atoms with Crippen LogP contribution in [0.5, 0.6) is 0 Å². The van der Waals surface area contributed by atoms with Gasteiger partial charge in [0.2, 0.25) is 0 Å². The second-order valence-corrected chi connectivity index (χ2v) is 5.62. The number of nitrogens with zero attached hydrogens (tertiary/aromatic N) is 3. The van der Waals surface area contributed by atoms with Crippen molar-refractivity contribution in [3.05, 3.63) is 64.7 Å². The monoisotopic (exact) mass is 383 g/mol. The molecule has 0 heterocycles. The van der Waals surface area contributed by atoms with Crippen molar-refractivity contribution in [3.63, 3.8) is 0 Å². The first kappa shape index (κ1) is 20.1. The van der Waals surface area contributed by atoms with E-state index in [1.54, 1.807) is 0 Å². The summed E-state index contributed by atoms with van der Waals surface area (Å²) < 4.78 is 78.1. The maximum atomic E-state index is 13.1. The third kappa shape index (κ3) is 5.38. The molecule has 2 aromatic rings. The molecule has 9 heteroatoms. The van der Waals surface area contributed by atoms with E-state index in [4.69, 9.17) is 10.5 Å². The van der Waals surface area contributed by atoms with Gasteiger partial charge in [-0.15, -0.1) is 0 Å². The summed E-state index contributed by atoms with van der Waals surface area (Å²) in [5, 5.41) is 17.6. The highest BCUT2D eigenvalue weighted by molar-refractivity contribution is 5.55. The van der Waals surface area contributed by atoms with Crippen molar-refractivity contribution in [3.8, 4) is 12.1 Å². The predicted octanol–water partition coefficient (Wildman–Crippen LogP) is 5.02. The summed E-state index contributed by atoms with van der Waals surface area (Å²) in [7, 11) is 0. The first-order valence-corrected chi connectivity index (χ1v) is 7.45. The van der Waals surface area contributed by atoms with Crippen molar-refractivity contribution in [1.82, 2.24) is 0 Å². The molecule has 140 valence electrons. The first-order chi connectivity index (χ1) is 12.5. The van der Waals surface area contributed by atoms with Gasteiger partial charge in [0.15, 0.2) is 0 Å². The summed E-state index contributed by atoms with van der Waals surface area (Å²) in [6.07, 6.45) is -9.53. The molecule has 0 spiro atoms. The lowest BCUT2D eigenvalue weighted by Crippen LogP contribution is -2.34. The molecule has 0 aliphatic heterocycles. The predicted molar refractivity (Wildman–Crippen MR) is 84.4 cm³/mol. The van der Waals surface area contributed by atoms with Crippen LogP contribution in [-0.2, 0) is 12.7 Å². The molecule has 0 aromatic heterocycles. The van der Waals surface area contributed by atoms with Gasteiger partial charge >= 0.3 is 12.4 Å². The fraction of sp³-hybridized carbons (Fsp3) is 0.222. The second kappa shape index (κ2) is 7.58. The van der Waals surface area contributed by atoms with Gasteiger partial charge in [0, 0.05) is 12.2 Å². The molecule has 0 N–H and O–H groups in total. The average Bonchev–Trinajstić information content (AvgIpc) is 2.59. The largest absolute Gasteiger partial charge is 0.417 e. The zero-order valence-electron chi connectivity index (χ0n) is 13.6. The Hall–Kier alpha value is -3.20. The topological polar surface area (TPSA) is 50.8 Å².